The summed E-state index contributed by atoms with van der Waals surface area (Å²) in [6.45, 7) is 2.05. The van der Waals surface area contributed by atoms with Crippen molar-refractivity contribution in [1.82, 2.24) is 9.97 Å². The van der Waals surface area contributed by atoms with E-state index in [1.54, 1.807) is 12.1 Å². The molecule has 0 fully saturated rings. The molecule has 0 bridgehead atoms. The number of aryl methyl sites for hydroxylation is 1. The molecular formula is C25H21Cl2N3O2S. The second-order valence-corrected chi connectivity index (χ2v) is 10.0. The number of H-pyrrole nitrogens is 1. The molecule has 0 radical (unpaired) electrons. The van der Waals surface area contributed by atoms with Crippen LogP contribution in [0.5, 0.6) is 0 Å². The van der Waals surface area contributed by atoms with Gasteiger partial charge in [0.1, 0.15) is 5.82 Å². The number of allylic oxidation sites excluding steroid dienone is 2. The average Bonchev–Trinajstić information content (AvgIpc) is 2.79. The summed E-state index contributed by atoms with van der Waals surface area (Å²) >= 11 is 14.3. The van der Waals surface area contributed by atoms with E-state index in [1.807, 2.05) is 13.0 Å². The standard InChI is InChI=1S/C25H21Cl2N3O2S/c1-13-8-10-14(11-9-13)12-33-25-29-23-21(24(32)30-25)19(15-4-2-5-16(26)22(15)27)20-17(28-23)6-3-7-18(20)31/h2,4-5,8-11,19H,3,6-7,12H2,1H3,(H2,28,29,30,32). The Labute approximate surface area is 205 Å². The molecule has 1 atom stereocenters. The van der Waals surface area contributed by atoms with Gasteiger partial charge in [0.25, 0.3) is 5.56 Å². The number of nitrogens with one attached hydrogen (secondary N) is 2. The molecule has 2 heterocycles. The number of ketones is 1. The summed E-state index contributed by atoms with van der Waals surface area (Å²) in [5.41, 5.74) is 4.49. The number of benzene rings is 2. The molecule has 1 aliphatic carbocycles. The summed E-state index contributed by atoms with van der Waals surface area (Å²) < 4.78 is 0. The molecule has 0 saturated carbocycles. The number of carbonyl (C=O) groups excluding carboxylic acids is 1. The van der Waals surface area contributed by atoms with Crippen LogP contribution in [0.3, 0.4) is 0 Å². The highest BCUT2D eigenvalue weighted by molar-refractivity contribution is 7.98. The Balaban J connectivity index is 1.58. The number of Topliss-reactive ketones (excluding diaryl/α,β-unsaturated/α-hetero) is 1. The van der Waals surface area contributed by atoms with Gasteiger partial charge in [0, 0.05) is 29.4 Å². The summed E-state index contributed by atoms with van der Waals surface area (Å²) in [7, 11) is 0. The maximum absolute atomic E-state index is 13.3. The van der Waals surface area contributed by atoms with Gasteiger partial charge in [0.15, 0.2) is 10.9 Å². The van der Waals surface area contributed by atoms with Gasteiger partial charge < -0.3 is 10.3 Å². The van der Waals surface area contributed by atoms with Crippen molar-refractivity contribution in [2.45, 2.75) is 43.0 Å². The molecule has 5 rings (SSSR count). The van der Waals surface area contributed by atoms with Crippen LogP contribution in [0.15, 0.2) is 63.7 Å². The zero-order valence-electron chi connectivity index (χ0n) is 17.9. The Morgan fingerprint density at radius 2 is 1.88 bits per heavy atom. The molecule has 2 N–H and O–H groups in total. The van der Waals surface area contributed by atoms with E-state index in [0.29, 0.717) is 49.9 Å². The highest BCUT2D eigenvalue weighted by atomic mass is 35.5. The lowest BCUT2D eigenvalue weighted by molar-refractivity contribution is -0.116. The summed E-state index contributed by atoms with van der Waals surface area (Å²) in [5.74, 6) is 0.563. The number of fused-ring (bicyclic) bond motifs is 1. The first-order valence-corrected chi connectivity index (χ1v) is 12.5. The number of nitrogens with zero attached hydrogens (tertiary/aromatic N) is 1. The highest BCUT2D eigenvalue weighted by Crippen LogP contribution is 2.46. The van der Waals surface area contributed by atoms with Gasteiger partial charge in [0.05, 0.1) is 15.6 Å². The number of anilines is 1. The minimum atomic E-state index is -0.609. The second kappa shape index (κ2) is 9.01. The van der Waals surface area contributed by atoms with Crippen molar-refractivity contribution < 1.29 is 4.79 Å². The topological polar surface area (TPSA) is 74.8 Å². The van der Waals surface area contributed by atoms with E-state index in [9.17, 15) is 9.59 Å². The molecule has 2 aromatic carbocycles. The Bertz CT molecular complexity index is 1350. The van der Waals surface area contributed by atoms with Crippen molar-refractivity contribution >= 4 is 46.6 Å². The highest BCUT2D eigenvalue weighted by Gasteiger charge is 2.38. The van der Waals surface area contributed by atoms with Crippen LogP contribution in [0.4, 0.5) is 5.82 Å². The molecule has 5 nitrogen and oxygen atoms in total. The Morgan fingerprint density at radius 3 is 2.67 bits per heavy atom. The molecule has 2 aliphatic rings. The maximum Gasteiger partial charge on any atom is 0.257 e. The summed E-state index contributed by atoms with van der Waals surface area (Å²) in [4.78, 5) is 33.9. The van der Waals surface area contributed by atoms with Crippen LogP contribution >= 0.6 is 35.0 Å². The minimum Gasteiger partial charge on any atom is -0.343 e. The van der Waals surface area contributed by atoms with Gasteiger partial charge in [-0.2, -0.15) is 0 Å². The van der Waals surface area contributed by atoms with E-state index < -0.39 is 5.92 Å². The third-order valence-electron chi connectivity index (χ3n) is 6.02. The molecule has 1 aliphatic heterocycles. The maximum atomic E-state index is 13.3. The van der Waals surface area contributed by atoms with E-state index >= 15 is 0 Å². The van der Waals surface area contributed by atoms with Crippen LogP contribution in [0.2, 0.25) is 10.0 Å². The molecule has 168 valence electrons. The molecule has 0 saturated heterocycles. The lowest BCUT2D eigenvalue weighted by Crippen LogP contribution is -2.32. The number of hydrogen-bond donors (Lipinski definition) is 2. The van der Waals surface area contributed by atoms with Crippen LogP contribution < -0.4 is 10.9 Å². The molecule has 0 spiro atoms. The first kappa shape index (κ1) is 22.3. The van der Waals surface area contributed by atoms with Crippen LogP contribution in [0, 0.1) is 6.92 Å². The molecule has 3 aromatic rings. The summed E-state index contributed by atoms with van der Waals surface area (Å²) in [6, 6.07) is 13.6. The fraction of sp³-hybridized carbons (Fsp3) is 0.240. The number of carbonyl (C=O) groups is 1. The number of rotatable bonds is 4. The molecular weight excluding hydrogens is 477 g/mol. The Kier molecular flexibility index (Phi) is 6.08. The van der Waals surface area contributed by atoms with Crippen molar-refractivity contribution in [2.24, 2.45) is 0 Å². The summed E-state index contributed by atoms with van der Waals surface area (Å²) in [5, 5.41) is 4.54. The zero-order valence-corrected chi connectivity index (χ0v) is 20.2. The predicted octanol–water partition coefficient (Wildman–Crippen LogP) is 6.24. The van der Waals surface area contributed by atoms with E-state index in [-0.39, 0.29) is 11.3 Å². The first-order valence-electron chi connectivity index (χ1n) is 10.7. The Morgan fingerprint density at radius 1 is 1.09 bits per heavy atom. The largest absolute Gasteiger partial charge is 0.343 e. The van der Waals surface area contributed by atoms with E-state index in [1.165, 1.54) is 17.3 Å². The minimum absolute atomic E-state index is 0.0210. The lowest BCUT2D eigenvalue weighted by atomic mass is 9.76. The smallest absolute Gasteiger partial charge is 0.257 e. The fourth-order valence-electron chi connectivity index (χ4n) is 4.40. The number of thioether (sulfide) groups is 1. The molecule has 1 unspecified atom stereocenters. The normalized spacial score (nSPS) is 17.4. The second-order valence-electron chi connectivity index (χ2n) is 8.28. The molecule has 33 heavy (non-hydrogen) atoms. The van der Waals surface area contributed by atoms with Crippen molar-refractivity contribution in [3.63, 3.8) is 0 Å². The zero-order chi connectivity index (χ0) is 23.1. The predicted molar refractivity (Wildman–Crippen MR) is 133 cm³/mol. The Hall–Kier alpha value is -2.54. The third kappa shape index (κ3) is 4.23. The summed E-state index contributed by atoms with van der Waals surface area (Å²) in [6.07, 6.45) is 1.92. The molecule has 1 aromatic heterocycles. The van der Waals surface area contributed by atoms with Crippen LogP contribution in [0.25, 0.3) is 0 Å². The number of aromatic nitrogens is 2. The van der Waals surface area contributed by atoms with Crippen molar-refractivity contribution in [1.29, 1.82) is 0 Å². The molecule has 0 amide bonds. The van der Waals surface area contributed by atoms with Gasteiger partial charge in [-0.15, -0.1) is 0 Å². The monoisotopic (exact) mass is 497 g/mol. The van der Waals surface area contributed by atoms with Crippen LogP contribution in [0.1, 0.15) is 47.4 Å². The van der Waals surface area contributed by atoms with Gasteiger partial charge in [-0.1, -0.05) is 76.9 Å². The van der Waals surface area contributed by atoms with Crippen molar-refractivity contribution in [2.75, 3.05) is 5.32 Å². The van der Waals surface area contributed by atoms with Crippen molar-refractivity contribution in [3.8, 4) is 0 Å². The van der Waals surface area contributed by atoms with Gasteiger partial charge in [-0.3, -0.25) is 9.59 Å². The third-order valence-corrected chi connectivity index (χ3v) is 7.80. The van der Waals surface area contributed by atoms with Crippen molar-refractivity contribution in [3.05, 3.63) is 96.4 Å². The van der Waals surface area contributed by atoms with Gasteiger partial charge >= 0.3 is 0 Å². The van der Waals surface area contributed by atoms with E-state index in [2.05, 4.69) is 34.6 Å². The molecule has 8 heteroatoms. The quantitative estimate of drug-likeness (QED) is 0.329. The van der Waals surface area contributed by atoms with Gasteiger partial charge in [0.2, 0.25) is 0 Å². The van der Waals surface area contributed by atoms with Gasteiger partial charge in [-0.05, 0) is 37.0 Å². The van der Waals surface area contributed by atoms with Crippen LogP contribution in [-0.2, 0) is 10.5 Å². The van der Waals surface area contributed by atoms with E-state index in [0.717, 1.165) is 24.1 Å². The first-order chi connectivity index (χ1) is 15.9. The number of halogens is 2. The number of aromatic amines is 1. The van der Waals surface area contributed by atoms with E-state index in [4.69, 9.17) is 28.2 Å². The number of hydrogen-bond acceptors (Lipinski definition) is 5. The fourth-order valence-corrected chi connectivity index (χ4v) is 5.63. The average molecular weight is 498 g/mol. The lowest BCUT2D eigenvalue weighted by Gasteiger charge is -2.33. The van der Waals surface area contributed by atoms with Crippen LogP contribution in [-0.4, -0.2) is 15.8 Å². The SMILES string of the molecule is Cc1ccc(CSc2nc3c(c(=O)[nH]2)C(c2cccc(Cl)c2Cl)C2=C(CCCC2=O)N3)cc1. The van der Waals surface area contributed by atoms with Gasteiger partial charge in [-0.25, -0.2) is 4.98 Å².